The first-order valence-corrected chi connectivity index (χ1v) is 4.57. The van der Waals surface area contributed by atoms with E-state index in [4.69, 9.17) is 11.6 Å². The summed E-state index contributed by atoms with van der Waals surface area (Å²) in [5.41, 5.74) is 1.20. The first-order chi connectivity index (χ1) is 6.61. The number of carbonyl (C=O) groups is 1. The van der Waals surface area contributed by atoms with Crippen molar-refractivity contribution in [1.29, 1.82) is 0 Å². The van der Waals surface area contributed by atoms with Crippen LogP contribution >= 0.6 is 11.6 Å². The highest BCUT2D eigenvalue weighted by Crippen LogP contribution is 2.20. The summed E-state index contributed by atoms with van der Waals surface area (Å²) in [5, 5.41) is 0. The predicted octanol–water partition coefficient (Wildman–Crippen LogP) is 2.66. The Morgan fingerprint density at radius 3 is 2.71 bits per heavy atom. The fraction of sp³-hybridized carbons (Fsp3) is 0.300. The third-order valence-corrected chi connectivity index (χ3v) is 2.29. The van der Waals surface area contributed by atoms with Crippen LogP contribution < -0.4 is 0 Å². The summed E-state index contributed by atoms with van der Waals surface area (Å²) in [6.07, 6.45) is 0. The Labute approximate surface area is 86.6 Å². The van der Waals surface area contributed by atoms with Gasteiger partial charge in [-0.25, -0.2) is 9.18 Å². The van der Waals surface area contributed by atoms with Crippen molar-refractivity contribution in [2.75, 3.05) is 7.11 Å². The Morgan fingerprint density at radius 1 is 1.57 bits per heavy atom. The molecular weight excluding hydrogens is 207 g/mol. The van der Waals surface area contributed by atoms with Gasteiger partial charge in [-0.3, -0.25) is 0 Å². The second-order valence-electron chi connectivity index (χ2n) is 2.84. The van der Waals surface area contributed by atoms with Gasteiger partial charge in [-0.2, -0.15) is 0 Å². The van der Waals surface area contributed by atoms with Crippen LogP contribution in [0.5, 0.6) is 0 Å². The molecule has 0 amide bonds. The Balaban J connectivity index is 3.37. The van der Waals surface area contributed by atoms with E-state index < -0.39 is 11.8 Å². The predicted molar refractivity (Wildman–Crippen MR) is 52.0 cm³/mol. The van der Waals surface area contributed by atoms with Crippen molar-refractivity contribution < 1.29 is 13.9 Å². The van der Waals surface area contributed by atoms with E-state index in [0.717, 1.165) is 5.56 Å². The third-order valence-electron chi connectivity index (χ3n) is 2.02. The van der Waals surface area contributed by atoms with Crippen LogP contribution in [0, 0.1) is 12.7 Å². The highest BCUT2D eigenvalue weighted by atomic mass is 35.5. The lowest BCUT2D eigenvalue weighted by Crippen LogP contribution is -2.09. The Bertz CT molecular complexity index is 363. The van der Waals surface area contributed by atoms with E-state index in [1.54, 1.807) is 13.0 Å². The number of aryl methyl sites for hydroxylation is 1. The van der Waals surface area contributed by atoms with Crippen molar-refractivity contribution >= 4 is 17.6 Å². The number of rotatable bonds is 2. The van der Waals surface area contributed by atoms with Gasteiger partial charge in [-0.15, -0.1) is 11.6 Å². The molecule has 0 aliphatic rings. The maximum Gasteiger partial charge on any atom is 0.341 e. The first-order valence-electron chi connectivity index (χ1n) is 4.04. The number of benzene rings is 1. The van der Waals surface area contributed by atoms with Crippen LogP contribution in [0.25, 0.3) is 0 Å². The molecule has 0 saturated carbocycles. The number of halogens is 2. The minimum Gasteiger partial charge on any atom is -0.465 e. The molecule has 0 aliphatic carbocycles. The number of hydrogen-bond acceptors (Lipinski definition) is 2. The molecule has 4 heteroatoms. The quantitative estimate of drug-likeness (QED) is 0.561. The van der Waals surface area contributed by atoms with Crippen molar-refractivity contribution in [3.63, 3.8) is 0 Å². The van der Waals surface area contributed by atoms with Crippen molar-refractivity contribution in [3.8, 4) is 0 Å². The molecule has 0 bridgehead atoms. The molecule has 1 aromatic rings. The molecule has 76 valence electrons. The van der Waals surface area contributed by atoms with E-state index in [9.17, 15) is 9.18 Å². The molecule has 0 saturated heterocycles. The van der Waals surface area contributed by atoms with Gasteiger partial charge in [0.05, 0.1) is 12.7 Å². The van der Waals surface area contributed by atoms with Crippen LogP contribution in [0.1, 0.15) is 21.5 Å². The third kappa shape index (κ3) is 1.87. The SMILES string of the molecule is COC(=O)c1c(F)ccc(C)c1CCl. The topological polar surface area (TPSA) is 26.3 Å². The molecule has 0 N–H and O–H groups in total. The zero-order chi connectivity index (χ0) is 10.7. The lowest BCUT2D eigenvalue weighted by Gasteiger charge is -2.09. The van der Waals surface area contributed by atoms with E-state index in [0.29, 0.717) is 5.56 Å². The molecule has 14 heavy (non-hydrogen) atoms. The average molecular weight is 217 g/mol. The van der Waals surface area contributed by atoms with Crippen molar-refractivity contribution in [1.82, 2.24) is 0 Å². The lowest BCUT2D eigenvalue weighted by atomic mass is 10.0. The molecule has 0 aromatic heterocycles. The van der Waals surface area contributed by atoms with Gasteiger partial charge in [-0.1, -0.05) is 6.07 Å². The van der Waals surface area contributed by atoms with E-state index in [2.05, 4.69) is 4.74 Å². The monoisotopic (exact) mass is 216 g/mol. The van der Waals surface area contributed by atoms with E-state index >= 15 is 0 Å². The van der Waals surface area contributed by atoms with Gasteiger partial charge in [0, 0.05) is 5.88 Å². The lowest BCUT2D eigenvalue weighted by molar-refractivity contribution is 0.0594. The van der Waals surface area contributed by atoms with Gasteiger partial charge >= 0.3 is 5.97 Å². The fourth-order valence-electron chi connectivity index (χ4n) is 1.22. The summed E-state index contributed by atoms with van der Waals surface area (Å²) < 4.78 is 17.8. The van der Waals surface area contributed by atoms with Crippen molar-refractivity contribution in [2.45, 2.75) is 12.8 Å². The minimum absolute atomic E-state index is 0.0671. The largest absolute Gasteiger partial charge is 0.465 e. The van der Waals surface area contributed by atoms with Crippen LogP contribution in [0.4, 0.5) is 4.39 Å². The van der Waals surface area contributed by atoms with Gasteiger partial charge in [0.15, 0.2) is 0 Å². The number of hydrogen-bond donors (Lipinski definition) is 0. The standard InChI is InChI=1S/C10H10ClFO2/c1-6-3-4-8(12)9(7(6)5-11)10(13)14-2/h3-4H,5H2,1-2H3. The van der Waals surface area contributed by atoms with E-state index in [1.807, 2.05) is 0 Å². The summed E-state index contributed by atoms with van der Waals surface area (Å²) in [6.45, 7) is 1.77. The van der Waals surface area contributed by atoms with E-state index in [1.165, 1.54) is 13.2 Å². The zero-order valence-corrected chi connectivity index (χ0v) is 8.69. The van der Waals surface area contributed by atoms with Crippen molar-refractivity contribution in [2.24, 2.45) is 0 Å². The molecule has 0 unspecified atom stereocenters. The molecule has 1 rings (SSSR count). The molecule has 0 fully saturated rings. The summed E-state index contributed by atoms with van der Waals surface area (Å²) in [5.74, 6) is -1.20. The Morgan fingerprint density at radius 2 is 2.21 bits per heavy atom. The summed E-state index contributed by atoms with van der Waals surface area (Å²) in [6, 6.07) is 2.82. The van der Waals surface area contributed by atoms with Gasteiger partial charge in [0.1, 0.15) is 5.82 Å². The molecule has 1 aromatic carbocycles. The summed E-state index contributed by atoms with van der Waals surface area (Å²) in [7, 11) is 1.21. The average Bonchev–Trinajstić information content (AvgIpc) is 2.19. The number of carbonyl (C=O) groups excluding carboxylic acids is 1. The van der Waals surface area contributed by atoms with Gasteiger partial charge in [0.25, 0.3) is 0 Å². The number of methoxy groups -OCH3 is 1. The maximum absolute atomic E-state index is 13.3. The van der Waals surface area contributed by atoms with E-state index in [-0.39, 0.29) is 11.4 Å². The molecular formula is C10H10ClFO2. The highest BCUT2D eigenvalue weighted by molar-refractivity contribution is 6.17. The summed E-state index contributed by atoms with van der Waals surface area (Å²) >= 11 is 5.64. The van der Waals surface area contributed by atoms with Gasteiger partial charge in [-0.05, 0) is 24.1 Å². The normalized spacial score (nSPS) is 10.0. The molecule has 0 heterocycles. The Hall–Kier alpha value is -1.09. The second-order valence-corrected chi connectivity index (χ2v) is 3.11. The molecule has 0 aliphatic heterocycles. The first kappa shape index (κ1) is 11.0. The second kappa shape index (κ2) is 4.42. The molecule has 0 atom stereocenters. The number of alkyl halides is 1. The molecule has 0 spiro atoms. The molecule has 2 nitrogen and oxygen atoms in total. The van der Waals surface area contributed by atoms with Crippen LogP contribution in [-0.4, -0.2) is 13.1 Å². The number of ether oxygens (including phenoxy) is 1. The van der Waals surface area contributed by atoms with Crippen LogP contribution in [0.15, 0.2) is 12.1 Å². The minimum atomic E-state index is -0.693. The van der Waals surface area contributed by atoms with Crippen LogP contribution in [0.2, 0.25) is 0 Å². The molecule has 0 radical (unpaired) electrons. The summed E-state index contributed by atoms with van der Waals surface area (Å²) in [4.78, 5) is 11.2. The van der Waals surface area contributed by atoms with Crippen molar-refractivity contribution in [3.05, 3.63) is 34.6 Å². The van der Waals surface area contributed by atoms with Crippen LogP contribution in [-0.2, 0) is 10.6 Å². The smallest absolute Gasteiger partial charge is 0.341 e. The van der Waals surface area contributed by atoms with Gasteiger partial charge in [0.2, 0.25) is 0 Å². The Kier molecular flexibility index (Phi) is 3.47. The van der Waals surface area contributed by atoms with Gasteiger partial charge < -0.3 is 4.74 Å². The maximum atomic E-state index is 13.3. The zero-order valence-electron chi connectivity index (χ0n) is 7.93. The number of esters is 1. The highest BCUT2D eigenvalue weighted by Gasteiger charge is 2.18. The van der Waals surface area contributed by atoms with Crippen LogP contribution in [0.3, 0.4) is 0 Å². The fourth-order valence-corrected chi connectivity index (χ4v) is 1.56.